The molecule has 0 aliphatic carbocycles. The summed E-state index contributed by atoms with van der Waals surface area (Å²) in [5.74, 6) is 0.644. The Hall–Kier alpha value is -2.49. The summed E-state index contributed by atoms with van der Waals surface area (Å²) >= 11 is 0. The van der Waals surface area contributed by atoms with Crippen LogP contribution < -0.4 is 11.1 Å². The Bertz CT molecular complexity index is 618. The van der Waals surface area contributed by atoms with Crippen LogP contribution in [0.25, 0.3) is 0 Å². The molecule has 0 aliphatic heterocycles. The van der Waals surface area contributed by atoms with Gasteiger partial charge in [-0.25, -0.2) is 0 Å². The molecule has 4 heteroatoms. The molecule has 2 aromatic rings. The first-order valence-electron chi connectivity index (χ1n) is 7.01. The van der Waals surface area contributed by atoms with E-state index >= 15 is 0 Å². The van der Waals surface area contributed by atoms with Gasteiger partial charge in [-0.05, 0) is 29.2 Å². The maximum absolute atomic E-state index is 8.63. The zero-order valence-corrected chi connectivity index (χ0v) is 12.4. The van der Waals surface area contributed by atoms with E-state index < -0.39 is 0 Å². The lowest BCUT2D eigenvalue weighted by atomic mass is 10.0. The van der Waals surface area contributed by atoms with E-state index in [1.165, 1.54) is 5.56 Å². The molecule has 0 amide bonds. The molecule has 0 aliphatic rings. The number of nitrogens with zero attached hydrogens (tertiary/aromatic N) is 1. The second-order valence-electron chi connectivity index (χ2n) is 5.32. The van der Waals surface area contributed by atoms with Gasteiger partial charge in [-0.2, -0.15) is 0 Å². The van der Waals surface area contributed by atoms with Crippen molar-refractivity contribution in [2.24, 2.45) is 10.9 Å². The number of rotatable bonds is 5. The summed E-state index contributed by atoms with van der Waals surface area (Å²) in [4.78, 5) is 0. The number of oxime groups is 1. The molecule has 21 heavy (non-hydrogen) atoms. The molecule has 4 nitrogen and oxygen atoms in total. The topological polar surface area (TPSA) is 70.6 Å². The van der Waals surface area contributed by atoms with E-state index in [4.69, 9.17) is 10.9 Å². The molecular formula is C17H21N3O. The smallest absolute Gasteiger partial charge is 0.170 e. The fraction of sp³-hybridized carbons (Fsp3) is 0.235. The van der Waals surface area contributed by atoms with Crippen LogP contribution >= 0.6 is 0 Å². The van der Waals surface area contributed by atoms with Crippen molar-refractivity contribution in [2.75, 3.05) is 5.32 Å². The van der Waals surface area contributed by atoms with Gasteiger partial charge < -0.3 is 16.3 Å². The van der Waals surface area contributed by atoms with Crippen molar-refractivity contribution >= 4 is 11.5 Å². The molecule has 0 aromatic heterocycles. The minimum atomic E-state index is 0.124. The Labute approximate surface area is 125 Å². The summed E-state index contributed by atoms with van der Waals surface area (Å²) in [6.45, 7) is 5.11. The van der Waals surface area contributed by atoms with Crippen LogP contribution in [0.2, 0.25) is 0 Å². The van der Waals surface area contributed by atoms with Gasteiger partial charge in [0.2, 0.25) is 0 Å². The summed E-state index contributed by atoms with van der Waals surface area (Å²) in [7, 11) is 0. The van der Waals surface area contributed by atoms with Crippen LogP contribution in [0.1, 0.15) is 36.5 Å². The van der Waals surface area contributed by atoms with Crippen molar-refractivity contribution in [3.05, 3.63) is 65.2 Å². The Morgan fingerprint density at radius 3 is 2.52 bits per heavy atom. The normalized spacial score (nSPS) is 11.7. The number of anilines is 1. The van der Waals surface area contributed by atoms with Gasteiger partial charge in [0.15, 0.2) is 5.84 Å². The molecule has 0 saturated carbocycles. The quantitative estimate of drug-likeness (QED) is 0.340. The van der Waals surface area contributed by atoms with E-state index in [2.05, 4.69) is 48.6 Å². The predicted octanol–water partition coefficient (Wildman–Crippen LogP) is 3.52. The average Bonchev–Trinajstić information content (AvgIpc) is 2.53. The minimum absolute atomic E-state index is 0.124. The van der Waals surface area contributed by atoms with Crippen LogP contribution in [0.4, 0.5) is 5.69 Å². The molecule has 0 fully saturated rings. The second-order valence-corrected chi connectivity index (χ2v) is 5.32. The van der Waals surface area contributed by atoms with Gasteiger partial charge in [0.1, 0.15) is 0 Å². The SMILES string of the molecule is CC(C)c1cccc(NCc2ccc(C(N)=NO)cc2)c1. The lowest BCUT2D eigenvalue weighted by Crippen LogP contribution is -2.13. The summed E-state index contributed by atoms with van der Waals surface area (Å²) < 4.78 is 0. The first kappa shape index (κ1) is 14.9. The van der Waals surface area contributed by atoms with Crippen LogP contribution in [0.15, 0.2) is 53.7 Å². The van der Waals surface area contributed by atoms with E-state index in [1.54, 1.807) is 0 Å². The highest BCUT2D eigenvalue weighted by molar-refractivity contribution is 5.96. The summed E-state index contributed by atoms with van der Waals surface area (Å²) in [6, 6.07) is 16.1. The molecule has 0 atom stereocenters. The Balaban J connectivity index is 2.01. The van der Waals surface area contributed by atoms with E-state index in [-0.39, 0.29) is 5.84 Å². The van der Waals surface area contributed by atoms with Gasteiger partial charge in [0.05, 0.1) is 0 Å². The molecule has 0 spiro atoms. The van der Waals surface area contributed by atoms with Crippen LogP contribution in [0.3, 0.4) is 0 Å². The molecule has 0 radical (unpaired) electrons. The standard InChI is InChI=1S/C17H21N3O/c1-12(2)15-4-3-5-16(10-15)19-11-13-6-8-14(9-7-13)17(18)20-21/h3-10,12,19,21H,11H2,1-2H3,(H2,18,20). The first-order chi connectivity index (χ1) is 10.1. The van der Waals surface area contributed by atoms with Crippen molar-refractivity contribution in [3.63, 3.8) is 0 Å². The summed E-state index contributed by atoms with van der Waals surface area (Å²) in [5, 5.41) is 15.0. The van der Waals surface area contributed by atoms with Crippen LogP contribution in [-0.2, 0) is 6.54 Å². The Morgan fingerprint density at radius 2 is 1.90 bits per heavy atom. The molecule has 2 rings (SSSR count). The zero-order valence-electron chi connectivity index (χ0n) is 12.4. The number of amidine groups is 1. The highest BCUT2D eigenvalue weighted by Gasteiger charge is 2.01. The van der Waals surface area contributed by atoms with Gasteiger partial charge in [-0.15, -0.1) is 0 Å². The molecule has 0 heterocycles. The fourth-order valence-electron chi connectivity index (χ4n) is 2.06. The lowest BCUT2D eigenvalue weighted by molar-refractivity contribution is 0.318. The van der Waals surface area contributed by atoms with Crippen molar-refractivity contribution in [2.45, 2.75) is 26.3 Å². The number of hydrogen-bond acceptors (Lipinski definition) is 3. The maximum atomic E-state index is 8.63. The minimum Gasteiger partial charge on any atom is -0.409 e. The lowest BCUT2D eigenvalue weighted by Gasteiger charge is -2.10. The predicted molar refractivity (Wildman–Crippen MR) is 86.8 cm³/mol. The van der Waals surface area contributed by atoms with Gasteiger partial charge in [-0.3, -0.25) is 0 Å². The molecule has 2 aromatic carbocycles. The average molecular weight is 283 g/mol. The largest absolute Gasteiger partial charge is 0.409 e. The van der Waals surface area contributed by atoms with Crippen LogP contribution in [0.5, 0.6) is 0 Å². The molecule has 110 valence electrons. The van der Waals surface area contributed by atoms with Gasteiger partial charge >= 0.3 is 0 Å². The van der Waals surface area contributed by atoms with Crippen molar-refractivity contribution in [1.82, 2.24) is 0 Å². The summed E-state index contributed by atoms with van der Waals surface area (Å²) in [6.07, 6.45) is 0. The van der Waals surface area contributed by atoms with Crippen LogP contribution in [0, 0.1) is 0 Å². The van der Waals surface area contributed by atoms with Crippen molar-refractivity contribution < 1.29 is 5.21 Å². The number of benzene rings is 2. The van der Waals surface area contributed by atoms with E-state index in [0.717, 1.165) is 17.8 Å². The molecule has 0 bridgehead atoms. The fourth-order valence-corrected chi connectivity index (χ4v) is 2.06. The third-order valence-corrected chi connectivity index (χ3v) is 3.41. The number of nitrogens with two attached hydrogens (primary N) is 1. The molecular weight excluding hydrogens is 262 g/mol. The van der Waals surface area contributed by atoms with Crippen LogP contribution in [-0.4, -0.2) is 11.0 Å². The highest BCUT2D eigenvalue weighted by Crippen LogP contribution is 2.19. The van der Waals surface area contributed by atoms with E-state index in [9.17, 15) is 0 Å². The van der Waals surface area contributed by atoms with E-state index in [0.29, 0.717) is 11.5 Å². The zero-order chi connectivity index (χ0) is 15.2. The molecule has 0 saturated heterocycles. The molecule has 0 unspecified atom stereocenters. The van der Waals surface area contributed by atoms with E-state index in [1.807, 2.05) is 24.3 Å². The van der Waals surface area contributed by atoms with Crippen molar-refractivity contribution in [1.29, 1.82) is 0 Å². The van der Waals surface area contributed by atoms with Gasteiger partial charge in [-0.1, -0.05) is 55.4 Å². The Kier molecular flexibility index (Phi) is 4.82. The number of nitrogens with one attached hydrogen (secondary N) is 1. The van der Waals surface area contributed by atoms with Crippen molar-refractivity contribution in [3.8, 4) is 0 Å². The van der Waals surface area contributed by atoms with Gasteiger partial charge in [0, 0.05) is 17.8 Å². The third kappa shape index (κ3) is 3.99. The highest BCUT2D eigenvalue weighted by atomic mass is 16.4. The van der Waals surface area contributed by atoms with Gasteiger partial charge in [0.25, 0.3) is 0 Å². The maximum Gasteiger partial charge on any atom is 0.170 e. The Morgan fingerprint density at radius 1 is 1.19 bits per heavy atom. The third-order valence-electron chi connectivity index (χ3n) is 3.41. The summed E-state index contributed by atoms with van der Waals surface area (Å²) in [5.41, 5.74) is 9.82. The second kappa shape index (κ2) is 6.79. The number of hydrogen-bond donors (Lipinski definition) is 3. The first-order valence-corrected chi connectivity index (χ1v) is 7.01. The monoisotopic (exact) mass is 283 g/mol. The molecule has 4 N–H and O–H groups in total.